The molecule has 136 valence electrons. The largest absolute Gasteiger partial charge is 0.497 e. The minimum atomic E-state index is -0.826. The SMILES string of the molecule is CCOC(=O)CCC1(CC(=O)OCC)N=C(C)c2ccc(OC)cc21. The van der Waals surface area contributed by atoms with Gasteiger partial charge in [0.2, 0.25) is 0 Å². The van der Waals surface area contributed by atoms with Gasteiger partial charge in [-0.1, -0.05) is 0 Å². The van der Waals surface area contributed by atoms with E-state index in [9.17, 15) is 9.59 Å². The topological polar surface area (TPSA) is 74.2 Å². The summed E-state index contributed by atoms with van der Waals surface area (Å²) < 4.78 is 15.5. The zero-order valence-electron chi connectivity index (χ0n) is 15.3. The summed E-state index contributed by atoms with van der Waals surface area (Å²) in [5.41, 5.74) is 1.87. The van der Waals surface area contributed by atoms with Crippen molar-refractivity contribution in [2.75, 3.05) is 20.3 Å². The van der Waals surface area contributed by atoms with Crippen molar-refractivity contribution in [3.05, 3.63) is 29.3 Å². The smallest absolute Gasteiger partial charge is 0.308 e. The van der Waals surface area contributed by atoms with Crippen LogP contribution in [0.1, 0.15) is 51.2 Å². The molecule has 1 unspecified atom stereocenters. The molecule has 1 heterocycles. The lowest BCUT2D eigenvalue weighted by atomic mass is 9.82. The number of carbonyl (C=O) groups is 2. The fourth-order valence-corrected chi connectivity index (χ4v) is 3.20. The molecule has 1 atom stereocenters. The maximum atomic E-state index is 12.2. The number of esters is 2. The van der Waals surface area contributed by atoms with Gasteiger partial charge in [0, 0.05) is 17.7 Å². The number of rotatable bonds is 8. The van der Waals surface area contributed by atoms with Crippen molar-refractivity contribution in [1.29, 1.82) is 0 Å². The Balaban J connectivity index is 2.39. The molecule has 1 aromatic rings. The second-order valence-electron chi connectivity index (χ2n) is 5.93. The first-order valence-corrected chi connectivity index (χ1v) is 8.52. The highest BCUT2D eigenvalue weighted by atomic mass is 16.5. The number of benzene rings is 1. The van der Waals surface area contributed by atoms with Crippen molar-refractivity contribution < 1.29 is 23.8 Å². The van der Waals surface area contributed by atoms with E-state index in [1.165, 1.54) is 0 Å². The van der Waals surface area contributed by atoms with Gasteiger partial charge in [0.15, 0.2) is 0 Å². The molecule has 0 spiro atoms. The van der Waals surface area contributed by atoms with Crippen LogP contribution in [0.2, 0.25) is 0 Å². The molecule has 1 aromatic carbocycles. The van der Waals surface area contributed by atoms with Crippen LogP contribution < -0.4 is 4.74 Å². The normalized spacial score (nSPS) is 18.3. The van der Waals surface area contributed by atoms with Gasteiger partial charge in [-0.2, -0.15) is 0 Å². The summed E-state index contributed by atoms with van der Waals surface area (Å²) in [6.07, 6.45) is 0.639. The molecule has 0 N–H and O–H groups in total. The van der Waals surface area contributed by atoms with Crippen LogP contribution in [0.15, 0.2) is 23.2 Å². The third-order valence-electron chi connectivity index (χ3n) is 4.29. The molecule has 1 aliphatic rings. The number of ether oxygens (including phenoxy) is 3. The number of aliphatic imine (C=N–C) groups is 1. The molecule has 6 heteroatoms. The minimum absolute atomic E-state index is 0.0811. The molecule has 0 saturated heterocycles. The number of hydrogen-bond donors (Lipinski definition) is 0. The van der Waals surface area contributed by atoms with Gasteiger partial charge in [-0.05, 0) is 51.0 Å². The molecular formula is C19H25NO5. The second kappa shape index (κ2) is 8.14. The summed E-state index contributed by atoms with van der Waals surface area (Å²) in [6, 6.07) is 5.69. The van der Waals surface area contributed by atoms with Crippen molar-refractivity contribution in [2.24, 2.45) is 4.99 Å². The Kier molecular flexibility index (Phi) is 6.17. The Morgan fingerprint density at radius 3 is 2.44 bits per heavy atom. The van der Waals surface area contributed by atoms with Crippen molar-refractivity contribution in [1.82, 2.24) is 0 Å². The van der Waals surface area contributed by atoms with E-state index in [0.29, 0.717) is 25.4 Å². The number of carbonyl (C=O) groups excluding carboxylic acids is 2. The number of fused-ring (bicyclic) bond motifs is 1. The monoisotopic (exact) mass is 347 g/mol. The van der Waals surface area contributed by atoms with Gasteiger partial charge in [0.1, 0.15) is 5.75 Å². The first-order valence-electron chi connectivity index (χ1n) is 8.52. The van der Waals surface area contributed by atoms with E-state index < -0.39 is 5.54 Å². The van der Waals surface area contributed by atoms with E-state index in [0.717, 1.165) is 16.8 Å². The second-order valence-corrected chi connectivity index (χ2v) is 5.93. The zero-order chi connectivity index (χ0) is 18.4. The van der Waals surface area contributed by atoms with Gasteiger partial charge >= 0.3 is 11.9 Å². The van der Waals surface area contributed by atoms with Gasteiger partial charge < -0.3 is 14.2 Å². The lowest BCUT2D eigenvalue weighted by molar-refractivity contribution is -0.147. The molecule has 0 fully saturated rings. The third kappa shape index (κ3) is 4.18. The fraction of sp³-hybridized carbons (Fsp3) is 0.526. The molecule has 6 nitrogen and oxygen atoms in total. The Morgan fingerprint density at radius 1 is 1.12 bits per heavy atom. The van der Waals surface area contributed by atoms with Crippen LogP contribution in [0.25, 0.3) is 0 Å². The lowest BCUT2D eigenvalue weighted by Gasteiger charge is -2.27. The van der Waals surface area contributed by atoms with Crippen LogP contribution in [0.5, 0.6) is 5.75 Å². The van der Waals surface area contributed by atoms with E-state index in [2.05, 4.69) is 0 Å². The van der Waals surface area contributed by atoms with E-state index in [1.807, 2.05) is 25.1 Å². The maximum absolute atomic E-state index is 12.2. The van der Waals surface area contributed by atoms with Gasteiger partial charge in [-0.3, -0.25) is 14.6 Å². The average molecular weight is 347 g/mol. The molecule has 0 amide bonds. The number of hydrogen-bond acceptors (Lipinski definition) is 6. The lowest BCUT2D eigenvalue weighted by Crippen LogP contribution is -2.28. The first kappa shape index (κ1) is 19.0. The van der Waals surface area contributed by atoms with Crippen molar-refractivity contribution in [3.8, 4) is 5.75 Å². The summed E-state index contributed by atoms with van der Waals surface area (Å²) >= 11 is 0. The Bertz CT molecular complexity index is 682. The average Bonchev–Trinajstić information content (AvgIpc) is 2.85. The molecule has 2 rings (SSSR count). The van der Waals surface area contributed by atoms with E-state index in [-0.39, 0.29) is 24.8 Å². The number of nitrogens with zero attached hydrogens (tertiary/aromatic N) is 1. The minimum Gasteiger partial charge on any atom is -0.497 e. The van der Waals surface area contributed by atoms with Crippen LogP contribution in [-0.2, 0) is 24.6 Å². The quantitative estimate of drug-likeness (QED) is 0.676. The Hall–Kier alpha value is -2.37. The molecule has 0 radical (unpaired) electrons. The maximum Gasteiger partial charge on any atom is 0.308 e. The summed E-state index contributed by atoms with van der Waals surface area (Å²) in [6.45, 7) is 6.08. The summed E-state index contributed by atoms with van der Waals surface area (Å²) in [7, 11) is 1.59. The Morgan fingerprint density at radius 2 is 1.80 bits per heavy atom. The zero-order valence-corrected chi connectivity index (χ0v) is 15.3. The molecule has 0 aromatic heterocycles. The standard InChI is InChI=1S/C19H25NO5/c1-5-24-17(21)9-10-19(12-18(22)25-6-2)16-11-14(23-4)7-8-15(16)13(3)20-19/h7-8,11H,5-6,9-10,12H2,1-4H3. The molecule has 0 aliphatic carbocycles. The van der Waals surface area contributed by atoms with Crippen LogP contribution in [0.3, 0.4) is 0 Å². The fourth-order valence-electron chi connectivity index (χ4n) is 3.20. The van der Waals surface area contributed by atoms with E-state index >= 15 is 0 Å². The van der Waals surface area contributed by atoms with Crippen molar-refractivity contribution in [3.63, 3.8) is 0 Å². The first-order chi connectivity index (χ1) is 12.0. The molecule has 1 aliphatic heterocycles. The summed E-state index contributed by atoms with van der Waals surface area (Å²) in [5.74, 6) is 0.0570. The summed E-state index contributed by atoms with van der Waals surface area (Å²) in [4.78, 5) is 28.8. The highest BCUT2D eigenvalue weighted by Crippen LogP contribution is 2.43. The van der Waals surface area contributed by atoms with E-state index in [4.69, 9.17) is 19.2 Å². The predicted octanol–water partition coefficient (Wildman–Crippen LogP) is 3.01. The van der Waals surface area contributed by atoms with Crippen LogP contribution in [-0.4, -0.2) is 38.0 Å². The van der Waals surface area contributed by atoms with Gasteiger partial charge in [0.25, 0.3) is 0 Å². The Labute approximate surface area is 148 Å². The molecule has 25 heavy (non-hydrogen) atoms. The highest BCUT2D eigenvalue weighted by molar-refractivity contribution is 6.03. The van der Waals surface area contributed by atoms with Gasteiger partial charge in [0.05, 0.1) is 32.3 Å². The molecular weight excluding hydrogens is 322 g/mol. The summed E-state index contributed by atoms with van der Waals surface area (Å²) in [5, 5.41) is 0. The van der Waals surface area contributed by atoms with Crippen molar-refractivity contribution in [2.45, 2.75) is 45.6 Å². The van der Waals surface area contributed by atoms with Gasteiger partial charge in [-0.25, -0.2) is 0 Å². The van der Waals surface area contributed by atoms with E-state index in [1.54, 1.807) is 21.0 Å². The van der Waals surface area contributed by atoms with Gasteiger partial charge in [-0.15, -0.1) is 0 Å². The highest BCUT2D eigenvalue weighted by Gasteiger charge is 2.41. The number of methoxy groups -OCH3 is 1. The van der Waals surface area contributed by atoms with Crippen LogP contribution in [0, 0.1) is 0 Å². The molecule has 0 saturated carbocycles. The van der Waals surface area contributed by atoms with Crippen molar-refractivity contribution >= 4 is 17.7 Å². The van der Waals surface area contributed by atoms with Crippen LogP contribution >= 0.6 is 0 Å². The molecule has 0 bridgehead atoms. The third-order valence-corrected chi connectivity index (χ3v) is 4.29. The predicted molar refractivity (Wildman–Crippen MR) is 94.0 cm³/mol. The van der Waals surface area contributed by atoms with Crippen LogP contribution in [0.4, 0.5) is 0 Å².